The molecule has 0 saturated carbocycles. The van der Waals surface area contributed by atoms with Gasteiger partial charge in [0, 0.05) is 12.1 Å². The van der Waals surface area contributed by atoms with E-state index >= 15 is 0 Å². The largest absolute Gasteiger partial charge is 0.493 e. The number of halogens is 1. The van der Waals surface area contributed by atoms with Crippen molar-refractivity contribution in [1.82, 2.24) is 5.32 Å². The lowest BCUT2D eigenvalue weighted by atomic mass is 10.1. The van der Waals surface area contributed by atoms with Gasteiger partial charge in [-0.3, -0.25) is 0 Å². The molecule has 1 aromatic carbocycles. The van der Waals surface area contributed by atoms with Crippen LogP contribution in [-0.2, 0) is 6.54 Å². The molecule has 0 aliphatic heterocycles. The fourth-order valence-corrected chi connectivity index (χ4v) is 1.83. The Morgan fingerprint density at radius 1 is 1.41 bits per heavy atom. The predicted molar refractivity (Wildman–Crippen MR) is 68.7 cm³/mol. The van der Waals surface area contributed by atoms with Gasteiger partial charge < -0.3 is 10.1 Å². The number of hydrogen-bond donors (Lipinski definition) is 1. The molecular weight excluding hydrogens is 217 g/mol. The fourth-order valence-electron chi connectivity index (χ4n) is 1.83. The highest BCUT2D eigenvalue weighted by molar-refractivity contribution is 5.33. The van der Waals surface area contributed by atoms with Gasteiger partial charge >= 0.3 is 0 Å². The third kappa shape index (κ3) is 4.73. The van der Waals surface area contributed by atoms with Crippen LogP contribution in [0, 0.1) is 11.7 Å². The minimum Gasteiger partial charge on any atom is -0.493 e. The van der Waals surface area contributed by atoms with Gasteiger partial charge in [-0.05, 0) is 37.6 Å². The zero-order valence-electron chi connectivity index (χ0n) is 10.9. The van der Waals surface area contributed by atoms with Gasteiger partial charge in [0.1, 0.15) is 11.6 Å². The first-order chi connectivity index (χ1) is 8.17. The highest BCUT2D eigenvalue weighted by Gasteiger charge is 2.07. The van der Waals surface area contributed by atoms with Crippen LogP contribution in [0.15, 0.2) is 18.2 Å². The number of rotatable bonds is 7. The van der Waals surface area contributed by atoms with Crippen LogP contribution in [0.25, 0.3) is 0 Å². The summed E-state index contributed by atoms with van der Waals surface area (Å²) < 4.78 is 18.9. The third-order valence-electron chi connectivity index (χ3n) is 2.69. The van der Waals surface area contributed by atoms with Gasteiger partial charge in [0.15, 0.2) is 0 Å². The van der Waals surface area contributed by atoms with Crippen LogP contribution < -0.4 is 10.1 Å². The maximum absolute atomic E-state index is 13.1. The van der Waals surface area contributed by atoms with E-state index in [1.54, 1.807) is 6.07 Å². The molecule has 1 aromatic rings. The quantitative estimate of drug-likeness (QED) is 0.787. The van der Waals surface area contributed by atoms with Gasteiger partial charge in [0.05, 0.1) is 6.61 Å². The zero-order chi connectivity index (χ0) is 12.7. The van der Waals surface area contributed by atoms with E-state index in [2.05, 4.69) is 19.2 Å². The van der Waals surface area contributed by atoms with Gasteiger partial charge in [-0.25, -0.2) is 4.39 Å². The van der Waals surface area contributed by atoms with Crippen LogP contribution in [0.2, 0.25) is 0 Å². The third-order valence-corrected chi connectivity index (χ3v) is 2.69. The van der Waals surface area contributed by atoms with E-state index in [4.69, 9.17) is 4.74 Å². The molecule has 0 radical (unpaired) electrons. The van der Waals surface area contributed by atoms with E-state index in [1.807, 2.05) is 7.05 Å². The number of hydrogen-bond acceptors (Lipinski definition) is 2. The molecule has 0 aliphatic carbocycles. The van der Waals surface area contributed by atoms with E-state index in [0.717, 1.165) is 24.2 Å². The van der Waals surface area contributed by atoms with Crippen LogP contribution >= 0.6 is 0 Å². The van der Waals surface area contributed by atoms with Crippen molar-refractivity contribution in [1.29, 1.82) is 0 Å². The maximum atomic E-state index is 13.1. The normalized spacial score (nSPS) is 12.5. The molecule has 0 saturated heterocycles. The minimum absolute atomic E-state index is 0.218. The van der Waals surface area contributed by atoms with Crippen molar-refractivity contribution >= 4 is 0 Å². The van der Waals surface area contributed by atoms with Crippen LogP contribution in [-0.4, -0.2) is 13.7 Å². The topological polar surface area (TPSA) is 21.3 Å². The Kier molecular flexibility index (Phi) is 5.98. The zero-order valence-corrected chi connectivity index (χ0v) is 10.9. The second-order valence-corrected chi connectivity index (χ2v) is 4.49. The minimum atomic E-state index is -0.218. The van der Waals surface area contributed by atoms with Crippen molar-refractivity contribution in [2.75, 3.05) is 13.7 Å². The van der Waals surface area contributed by atoms with Gasteiger partial charge in [-0.15, -0.1) is 0 Å². The highest BCUT2D eigenvalue weighted by Crippen LogP contribution is 2.20. The molecule has 0 fully saturated rings. The lowest BCUT2D eigenvalue weighted by molar-refractivity contribution is 0.249. The van der Waals surface area contributed by atoms with E-state index in [9.17, 15) is 4.39 Å². The molecule has 96 valence electrons. The van der Waals surface area contributed by atoms with Crippen molar-refractivity contribution in [2.24, 2.45) is 5.92 Å². The average molecular weight is 239 g/mol. The molecule has 0 aromatic heterocycles. The Bertz CT molecular complexity index is 341. The van der Waals surface area contributed by atoms with Crippen LogP contribution in [0.3, 0.4) is 0 Å². The molecule has 0 bridgehead atoms. The molecule has 0 spiro atoms. The van der Waals surface area contributed by atoms with Gasteiger partial charge in [-0.2, -0.15) is 0 Å². The summed E-state index contributed by atoms with van der Waals surface area (Å²) in [6.07, 6.45) is 2.32. The first-order valence-electron chi connectivity index (χ1n) is 6.23. The highest BCUT2D eigenvalue weighted by atomic mass is 19.1. The molecular formula is C14H22FNO. The summed E-state index contributed by atoms with van der Waals surface area (Å²) in [5.41, 5.74) is 0.871. The van der Waals surface area contributed by atoms with Crippen molar-refractivity contribution < 1.29 is 9.13 Å². The number of nitrogens with one attached hydrogen (secondary N) is 1. The van der Waals surface area contributed by atoms with E-state index in [0.29, 0.717) is 19.1 Å². The summed E-state index contributed by atoms with van der Waals surface area (Å²) in [5.74, 6) is 1.10. The average Bonchev–Trinajstić information content (AvgIpc) is 2.29. The standard InChI is InChI=1S/C14H22FNO/c1-4-5-11(2)10-17-14-7-6-13(15)8-12(14)9-16-3/h6-8,11,16H,4-5,9-10H2,1-3H3. The van der Waals surface area contributed by atoms with Crippen molar-refractivity contribution in [3.63, 3.8) is 0 Å². The molecule has 0 amide bonds. The summed E-state index contributed by atoms with van der Waals surface area (Å²) in [6.45, 7) is 5.65. The molecule has 1 N–H and O–H groups in total. The molecule has 17 heavy (non-hydrogen) atoms. The first kappa shape index (κ1) is 14.0. The SMILES string of the molecule is CCCC(C)COc1ccc(F)cc1CNC. The molecule has 3 heteroatoms. The van der Waals surface area contributed by atoms with Crippen molar-refractivity contribution in [3.8, 4) is 5.75 Å². The van der Waals surface area contributed by atoms with Crippen LogP contribution in [0.5, 0.6) is 5.75 Å². The molecule has 0 heterocycles. The van der Waals surface area contributed by atoms with Crippen LogP contribution in [0.4, 0.5) is 4.39 Å². The fraction of sp³-hybridized carbons (Fsp3) is 0.571. The van der Waals surface area contributed by atoms with E-state index in [1.165, 1.54) is 12.1 Å². The lowest BCUT2D eigenvalue weighted by Gasteiger charge is -2.15. The summed E-state index contributed by atoms with van der Waals surface area (Å²) in [6, 6.07) is 4.68. The van der Waals surface area contributed by atoms with Crippen LogP contribution in [0.1, 0.15) is 32.3 Å². The Morgan fingerprint density at radius 2 is 2.18 bits per heavy atom. The van der Waals surface area contributed by atoms with E-state index < -0.39 is 0 Å². The number of ether oxygens (including phenoxy) is 1. The second kappa shape index (κ2) is 7.28. The molecule has 1 atom stereocenters. The van der Waals surface area contributed by atoms with Gasteiger partial charge in [-0.1, -0.05) is 20.3 Å². The summed E-state index contributed by atoms with van der Waals surface area (Å²) in [4.78, 5) is 0. The summed E-state index contributed by atoms with van der Waals surface area (Å²) in [5, 5.41) is 3.02. The molecule has 1 rings (SSSR count). The maximum Gasteiger partial charge on any atom is 0.123 e. The molecule has 1 unspecified atom stereocenters. The Hall–Kier alpha value is -1.09. The van der Waals surface area contributed by atoms with Crippen molar-refractivity contribution in [2.45, 2.75) is 33.2 Å². The van der Waals surface area contributed by atoms with Gasteiger partial charge in [0.2, 0.25) is 0 Å². The number of benzene rings is 1. The lowest BCUT2D eigenvalue weighted by Crippen LogP contribution is -2.12. The Morgan fingerprint density at radius 3 is 2.82 bits per heavy atom. The van der Waals surface area contributed by atoms with Crippen molar-refractivity contribution in [3.05, 3.63) is 29.6 Å². The molecule has 0 aliphatic rings. The predicted octanol–water partition coefficient (Wildman–Crippen LogP) is 3.36. The smallest absolute Gasteiger partial charge is 0.123 e. The summed E-state index contributed by atoms with van der Waals surface area (Å²) >= 11 is 0. The summed E-state index contributed by atoms with van der Waals surface area (Å²) in [7, 11) is 1.84. The Labute approximate surface area is 103 Å². The monoisotopic (exact) mass is 239 g/mol. The second-order valence-electron chi connectivity index (χ2n) is 4.49. The van der Waals surface area contributed by atoms with Gasteiger partial charge in [0.25, 0.3) is 0 Å². The first-order valence-corrected chi connectivity index (χ1v) is 6.23. The Balaban J connectivity index is 2.62. The molecule has 2 nitrogen and oxygen atoms in total. The van der Waals surface area contributed by atoms with E-state index in [-0.39, 0.29) is 5.82 Å².